The van der Waals surface area contributed by atoms with Crippen LogP contribution in [-0.4, -0.2) is 10.9 Å². The molecule has 0 aliphatic rings. The summed E-state index contributed by atoms with van der Waals surface area (Å²) < 4.78 is 13.5. The van der Waals surface area contributed by atoms with Crippen LogP contribution >= 0.6 is 11.3 Å². The fraction of sp³-hybridized carbons (Fsp3) is 0.167. The fourth-order valence-corrected chi connectivity index (χ4v) is 2.06. The van der Waals surface area contributed by atoms with Gasteiger partial charge in [-0.15, -0.1) is 0 Å². The Bertz CT molecular complexity index is 633. The van der Waals surface area contributed by atoms with E-state index in [1.165, 1.54) is 12.1 Å². The van der Waals surface area contributed by atoms with Crippen molar-refractivity contribution in [2.24, 2.45) is 0 Å². The van der Waals surface area contributed by atoms with Crippen molar-refractivity contribution in [1.82, 2.24) is 10.3 Å². The van der Waals surface area contributed by atoms with Gasteiger partial charge >= 0.3 is 4.87 Å². The van der Waals surface area contributed by atoms with Gasteiger partial charge in [0.2, 0.25) is 0 Å². The number of thiazole rings is 1. The maximum Gasteiger partial charge on any atom is 0.304 e. The zero-order chi connectivity index (χ0) is 13.1. The molecule has 0 saturated carbocycles. The van der Waals surface area contributed by atoms with Gasteiger partial charge in [0.05, 0.1) is 12.1 Å². The molecular formula is C12H11FN2O2S. The normalized spacial score (nSPS) is 10.3. The summed E-state index contributed by atoms with van der Waals surface area (Å²) in [5.41, 5.74) is 1.36. The van der Waals surface area contributed by atoms with Crippen molar-refractivity contribution in [1.29, 1.82) is 0 Å². The zero-order valence-corrected chi connectivity index (χ0v) is 10.4. The number of halogens is 1. The quantitative estimate of drug-likeness (QED) is 0.890. The van der Waals surface area contributed by atoms with Crippen LogP contribution in [0.5, 0.6) is 0 Å². The molecule has 18 heavy (non-hydrogen) atoms. The van der Waals surface area contributed by atoms with E-state index in [2.05, 4.69) is 10.3 Å². The van der Waals surface area contributed by atoms with E-state index in [9.17, 15) is 14.0 Å². The van der Waals surface area contributed by atoms with E-state index >= 15 is 0 Å². The molecule has 1 amide bonds. The molecule has 0 atom stereocenters. The van der Waals surface area contributed by atoms with Gasteiger partial charge < -0.3 is 10.3 Å². The largest absolute Gasteiger partial charge is 0.346 e. The third kappa shape index (κ3) is 2.84. The summed E-state index contributed by atoms with van der Waals surface area (Å²) in [5, 5.41) is 4.17. The number of carbonyl (C=O) groups excluding carboxylic acids is 1. The molecule has 0 bridgehead atoms. The van der Waals surface area contributed by atoms with E-state index < -0.39 is 11.7 Å². The maximum atomic E-state index is 13.5. The average Bonchev–Trinajstić information content (AvgIpc) is 2.72. The molecule has 0 radical (unpaired) electrons. The Kier molecular flexibility index (Phi) is 3.57. The van der Waals surface area contributed by atoms with Gasteiger partial charge in [0, 0.05) is 11.1 Å². The van der Waals surface area contributed by atoms with Gasteiger partial charge in [-0.1, -0.05) is 17.4 Å². The third-order valence-corrected chi connectivity index (χ3v) is 3.10. The lowest BCUT2D eigenvalue weighted by Gasteiger charge is -2.05. The number of aryl methyl sites for hydroxylation is 1. The lowest BCUT2D eigenvalue weighted by molar-refractivity contribution is 0.0946. The van der Waals surface area contributed by atoms with Crippen LogP contribution in [0.2, 0.25) is 0 Å². The lowest BCUT2D eigenvalue weighted by atomic mass is 10.1. The summed E-state index contributed by atoms with van der Waals surface area (Å²) in [4.78, 5) is 25.0. The SMILES string of the molecule is Cc1ccc(C(=O)NCc2csc(=O)[nH]2)c(F)c1. The first-order chi connectivity index (χ1) is 8.56. The molecule has 2 aromatic rings. The molecule has 4 nitrogen and oxygen atoms in total. The molecule has 2 rings (SSSR count). The second-order valence-corrected chi connectivity index (χ2v) is 4.68. The molecule has 0 aliphatic heterocycles. The molecule has 1 aromatic carbocycles. The molecule has 0 fully saturated rings. The summed E-state index contributed by atoms with van der Waals surface area (Å²) in [6, 6.07) is 4.42. The van der Waals surface area contributed by atoms with Crippen molar-refractivity contribution >= 4 is 17.2 Å². The van der Waals surface area contributed by atoms with Crippen molar-refractivity contribution in [2.45, 2.75) is 13.5 Å². The predicted molar refractivity (Wildman–Crippen MR) is 67.2 cm³/mol. The van der Waals surface area contributed by atoms with Crippen LogP contribution in [0.25, 0.3) is 0 Å². The predicted octanol–water partition coefficient (Wildman–Crippen LogP) is 1.81. The van der Waals surface area contributed by atoms with E-state index in [1.54, 1.807) is 18.4 Å². The Hall–Kier alpha value is -1.95. The molecule has 94 valence electrons. The summed E-state index contributed by atoms with van der Waals surface area (Å²) in [5.74, 6) is -1.05. The van der Waals surface area contributed by atoms with E-state index in [0.717, 1.165) is 16.9 Å². The number of nitrogens with one attached hydrogen (secondary N) is 2. The summed E-state index contributed by atoms with van der Waals surface area (Å²) >= 11 is 1.02. The van der Waals surface area contributed by atoms with Crippen molar-refractivity contribution in [3.05, 3.63) is 55.9 Å². The van der Waals surface area contributed by atoms with Crippen LogP contribution in [0, 0.1) is 12.7 Å². The smallest absolute Gasteiger partial charge is 0.304 e. The first-order valence-corrected chi connectivity index (χ1v) is 6.15. The average molecular weight is 266 g/mol. The Morgan fingerprint density at radius 2 is 2.28 bits per heavy atom. The number of hydrogen-bond acceptors (Lipinski definition) is 3. The minimum absolute atomic E-state index is 0.00169. The monoisotopic (exact) mass is 266 g/mol. The van der Waals surface area contributed by atoms with Crippen molar-refractivity contribution in [2.75, 3.05) is 0 Å². The number of aromatic amines is 1. The van der Waals surface area contributed by atoms with Crippen LogP contribution in [0.15, 0.2) is 28.4 Å². The van der Waals surface area contributed by atoms with Gasteiger partial charge in [0.1, 0.15) is 5.82 Å². The van der Waals surface area contributed by atoms with Gasteiger partial charge in [-0.25, -0.2) is 4.39 Å². The molecule has 0 aliphatic carbocycles. The number of hydrogen-bond donors (Lipinski definition) is 2. The van der Waals surface area contributed by atoms with Gasteiger partial charge in [-0.3, -0.25) is 9.59 Å². The van der Waals surface area contributed by atoms with Gasteiger partial charge in [-0.05, 0) is 24.6 Å². The summed E-state index contributed by atoms with van der Waals surface area (Å²) in [7, 11) is 0. The van der Waals surface area contributed by atoms with Gasteiger partial charge in [-0.2, -0.15) is 0 Å². The number of carbonyl (C=O) groups is 1. The van der Waals surface area contributed by atoms with Crippen LogP contribution in [0.3, 0.4) is 0 Å². The fourth-order valence-electron chi connectivity index (χ4n) is 1.48. The van der Waals surface area contributed by atoms with Crippen LogP contribution in [0.4, 0.5) is 4.39 Å². The van der Waals surface area contributed by atoms with Crippen molar-refractivity contribution in [3.8, 4) is 0 Å². The molecule has 0 spiro atoms. The highest BCUT2D eigenvalue weighted by Gasteiger charge is 2.11. The Labute approximate surface area is 106 Å². The topological polar surface area (TPSA) is 62.0 Å². The molecular weight excluding hydrogens is 255 g/mol. The van der Waals surface area contributed by atoms with Crippen LogP contribution in [0.1, 0.15) is 21.6 Å². The minimum atomic E-state index is -0.550. The summed E-state index contributed by atoms with van der Waals surface area (Å²) in [6.07, 6.45) is 0. The second-order valence-electron chi connectivity index (χ2n) is 3.84. The highest BCUT2D eigenvalue weighted by Crippen LogP contribution is 2.09. The molecule has 0 unspecified atom stereocenters. The first-order valence-electron chi connectivity index (χ1n) is 5.27. The molecule has 6 heteroatoms. The standard InChI is InChI=1S/C12H11FN2O2S/c1-7-2-3-9(10(13)4-7)11(16)14-5-8-6-18-12(17)15-8/h2-4,6H,5H2,1H3,(H,14,16)(H,15,17). The Morgan fingerprint density at radius 3 is 2.89 bits per heavy atom. The molecule has 1 aromatic heterocycles. The van der Waals surface area contributed by atoms with E-state index in [-0.39, 0.29) is 17.0 Å². The van der Waals surface area contributed by atoms with Crippen molar-refractivity contribution < 1.29 is 9.18 Å². The highest BCUT2D eigenvalue weighted by atomic mass is 32.1. The van der Waals surface area contributed by atoms with E-state index in [4.69, 9.17) is 0 Å². The van der Waals surface area contributed by atoms with Gasteiger partial charge in [0.25, 0.3) is 5.91 Å². The first kappa shape index (κ1) is 12.5. The van der Waals surface area contributed by atoms with Gasteiger partial charge in [0.15, 0.2) is 0 Å². The number of aromatic nitrogens is 1. The Balaban J connectivity index is 2.06. The molecule has 0 saturated heterocycles. The second kappa shape index (κ2) is 5.14. The number of rotatable bonds is 3. The van der Waals surface area contributed by atoms with E-state index in [1.807, 2.05) is 0 Å². The number of H-pyrrole nitrogens is 1. The number of benzene rings is 1. The third-order valence-electron chi connectivity index (χ3n) is 2.38. The van der Waals surface area contributed by atoms with E-state index in [0.29, 0.717) is 5.69 Å². The van der Waals surface area contributed by atoms with Crippen LogP contribution < -0.4 is 10.2 Å². The molecule has 1 heterocycles. The zero-order valence-electron chi connectivity index (χ0n) is 9.62. The Morgan fingerprint density at radius 1 is 1.50 bits per heavy atom. The molecule has 2 N–H and O–H groups in total. The minimum Gasteiger partial charge on any atom is -0.346 e. The summed E-state index contributed by atoms with van der Waals surface area (Å²) in [6.45, 7) is 1.92. The lowest BCUT2D eigenvalue weighted by Crippen LogP contribution is -2.24. The maximum absolute atomic E-state index is 13.5. The highest BCUT2D eigenvalue weighted by molar-refractivity contribution is 7.07. The number of amides is 1. The van der Waals surface area contributed by atoms with Crippen molar-refractivity contribution in [3.63, 3.8) is 0 Å². The van der Waals surface area contributed by atoms with Crippen LogP contribution in [-0.2, 0) is 6.54 Å².